The van der Waals surface area contributed by atoms with Crippen LogP contribution in [0.3, 0.4) is 0 Å². The molecule has 1 unspecified atom stereocenters. The van der Waals surface area contributed by atoms with Crippen molar-refractivity contribution in [3.8, 4) is 0 Å². The van der Waals surface area contributed by atoms with Crippen LogP contribution in [0.2, 0.25) is 0 Å². The number of hydrogen-bond acceptors (Lipinski definition) is 5. The number of carbonyl (C=O) groups is 1. The Labute approximate surface area is 187 Å². The number of guanidine groups is 1. The Hall–Kier alpha value is -0.810. The van der Waals surface area contributed by atoms with E-state index >= 15 is 0 Å². The summed E-state index contributed by atoms with van der Waals surface area (Å²) in [5.41, 5.74) is -0.501. The van der Waals surface area contributed by atoms with Gasteiger partial charge in [0.1, 0.15) is 5.60 Å². The van der Waals surface area contributed by atoms with E-state index in [2.05, 4.69) is 27.9 Å². The van der Waals surface area contributed by atoms with E-state index in [0.717, 1.165) is 38.2 Å². The Morgan fingerprint density at radius 1 is 1.11 bits per heavy atom. The molecule has 0 radical (unpaired) electrons. The molecule has 9 heteroatoms. The molecule has 28 heavy (non-hydrogen) atoms. The van der Waals surface area contributed by atoms with Crippen LogP contribution in [0.15, 0.2) is 4.99 Å². The van der Waals surface area contributed by atoms with Crippen LogP contribution in [0, 0.1) is 0 Å². The van der Waals surface area contributed by atoms with Gasteiger partial charge in [-0.2, -0.15) is 0 Å². The molecule has 0 saturated carbocycles. The SMILES string of the molecule is CCCCC(CNC(=O)OC(C)(C)C)NC(=NC)NCCCOCCOC.I. The van der Waals surface area contributed by atoms with Gasteiger partial charge in [0.2, 0.25) is 0 Å². The Kier molecular flexibility index (Phi) is 19.1. The number of nitrogens with one attached hydrogen (secondary N) is 3. The van der Waals surface area contributed by atoms with Gasteiger partial charge in [0, 0.05) is 39.9 Å². The Morgan fingerprint density at radius 2 is 1.82 bits per heavy atom. The fraction of sp³-hybridized carbons (Fsp3) is 0.895. The van der Waals surface area contributed by atoms with E-state index in [9.17, 15) is 4.79 Å². The highest BCUT2D eigenvalue weighted by atomic mass is 127. The zero-order valence-corrected chi connectivity index (χ0v) is 20.8. The van der Waals surface area contributed by atoms with Crippen molar-refractivity contribution in [3.63, 3.8) is 0 Å². The fourth-order valence-electron chi connectivity index (χ4n) is 2.21. The number of rotatable bonds is 13. The lowest BCUT2D eigenvalue weighted by molar-refractivity contribution is 0.0522. The molecule has 0 aliphatic carbocycles. The number of alkyl carbamates (subject to hydrolysis) is 1. The number of methoxy groups -OCH3 is 1. The second-order valence-electron chi connectivity index (χ2n) is 7.32. The van der Waals surface area contributed by atoms with E-state index in [0.29, 0.717) is 26.4 Å². The van der Waals surface area contributed by atoms with Gasteiger partial charge in [-0.15, -0.1) is 24.0 Å². The molecule has 0 saturated heterocycles. The predicted molar refractivity (Wildman–Crippen MR) is 125 cm³/mol. The monoisotopic (exact) mass is 516 g/mol. The maximum absolute atomic E-state index is 11.9. The smallest absolute Gasteiger partial charge is 0.407 e. The van der Waals surface area contributed by atoms with Crippen molar-refractivity contribution in [3.05, 3.63) is 0 Å². The number of ether oxygens (including phenoxy) is 3. The molecular weight excluding hydrogens is 475 g/mol. The van der Waals surface area contributed by atoms with E-state index in [1.807, 2.05) is 20.8 Å². The van der Waals surface area contributed by atoms with E-state index in [4.69, 9.17) is 14.2 Å². The van der Waals surface area contributed by atoms with Gasteiger partial charge in [-0.25, -0.2) is 4.79 Å². The second kappa shape index (κ2) is 18.2. The number of unbranched alkanes of at least 4 members (excludes halogenated alkanes) is 1. The van der Waals surface area contributed by atoms with Gasteiger partial charge in [-0.3, -0.25) is 4.99 Å². The summed E-state index contributed by atoms with van der Waals surface area (Å²) in [6.07, 6.45) is 3.57. The first-order valence-electron chi connectivity index (χ1n) is 9.83. The largest absolute Gasteiger partial charge is 0.444 e. The Balaban J connectivity index is 0. The predicted octanol–water partition coefficient (Wildman–Crippen LogP) is 2.91. The van der Waals surface area contributed by atoms with E-state index in [1.165, 1.54) is 0 Å². The summed E-state index contributed by atoms with van der Waals surface area (Å²) in [5, 5.41) is 9.49. The Morgan fingerprint density at radius 3 is 2.39 bits per heavy atom. The lowest BCUT2D eigenvalue weighted by Crippen LogP contribution is -2.49. The van der Waals surface area contributed by atoms with Crippen molar-refractivity contribution in [1.29, 1.82) is 0 Å². The van der Waals surface area contributed by atoms with E-state index in [1.54, 1.807) is 14.2 Å². The van der Waals surface area contributed by atoms with Crippen LogP contribution in [0.1, 0.15) is 53.4 Å². The maximum atomic E-state index is 11.9. The van der Waals surface area contributed by atoms with E-state index in [-0.39, 0.29) is 30.0 Å². The van der Waals surface area contributed by atoms with Crippen molar-refractivity contribution in [1.82, 2.24) is 16.0 Å². The minimum Gasteiger partial charge on any atom is -0.444 e. The average Bonchev–Trinajstić information content (AvgIpc) is 2.60. The van der Waals surface area contributed by atoms with Crippen molar-refractivity contribution in [2.24, 2.45) is 4.99 Å². The lowest BCUT2D eigenvalue weighted by Gasteiger charge is -2.24. The summed E-state index contributed by atoms with van der Waals surface area (Å²) >= 11 is 0. The molecule has 0 aromatic rings. The summed E-state index contributed by atoms with van der Waals surface area (Å²) in [6, 6.07) is 0.0848. The van der Waals surface area contributed by atoms with Gasteiger partial charge in [0.15, 0.2) is 5.96 Å². The highest BCUT2D eigenvalue weighted by Crippen LogP contribution is 2.07. The quantitative estimate of drug-likeness (QED) is 0.151. The normalized spacial score (nSPS) is 12.7. The van der Waals surface area contributed by atoms with Crippen LogP contribution < -0.4 is 16.0 Å². The van der Waals surface area contributed by atoms with Crippen LogP contribution in [0.4, 0.5) is 4.79 Å². The van der Waals surface area contributed by atoms with Crippen LogP contribution in [-0.2, 0) is 14.2 Å². The summed E-state index contributed by atoms with van der Waals surface area (Å²) in [5.74, 6) is 0.721. The summed E-state index contributed by atoms with van der Waals surface area (Å²) < 4.78 is 15.7. The second-order valence-corrected chi connectivity index (χ2v) is 7.32. The van der Waals surface area contributed by atoms with Gasteiger partial charge in [0.25, 0.3) is 0 Å². The Bertz CT molecular complexity index is 417. The maximum Gasteiger partial charge on any atom is 0.407 e. The number of hydrogen-bond donors (Lipinski definition) is 3. The lowest BCUT2D eigenvalue weighted by atomic mass is 10.1. The van der Waals surface area contributed by atoms with Crippen molar-refractivity contribution >= 4 is 36.0 Å². The molecule has 8 nitrogen and oxygen atoms in total. The zero-order valence-electron chi connectivity index (χ0n) is 18.4. The molecule has 0 aromatic carbocycles. The number of amides is 1. The molecule has 3 N–H and O–H groups in total. The molecule has 1 amide bonds. The van der Waals surface area contributed by atoms with Crippen LogP contribution >= 0.6 is 24.0 Å². The minimum atomic E-state index is -0.501. The third-order valence-electron chi connectivity index (χ3n) is 3.55. The molecule has 0 aromatic heterocycles. The van der Waals surface area contributed by atoms with Gasteiger partial charge in [0.05, 0.1) is 13.2 Å². The standard InChI is InChI=1S/C19H40N4O4.HI/c1-7-8-10-16(15-22-18(24)27-19(2,3)4)23-17(20-5)21-11-9-12-26-14-13-25-6;/h16H,7-15H2,1-6H3,(H,22,24)(H2,20,21,23);1H. The summed E-state index contributed by atoms with van der Waals surface area (Å²) in [6.45, 7) is 10.8. The van der Waals surface area contributed by atoms with E-state index < -0.39 is 11.7 Å². The third-order valence-corrected chi connectivity index (χ3v) is 3.55. The van der Waals surface area contributed by atoms with Gasteiger partial charge < -0.3 is 30.2 Å². The van der Waals surface area contributed by atoms with Crippen molar-refractivity contribution in [2.45, 2.75) is 65.0 Å². The van der Waals surface area contributed by atoms with Crippen LogP contribution in [-0.4, -0.2) is 70.8 Å². The zero-order chi connectivity index (χ0) is 20.5. The minimum absolute atomic E-state index is 0. The number of nitrogens with zero attached hydrogens (tertiary/aromatic N) is 1. The highest BCUT2D eigenvalue weighted by molar-refractivity contribution is 14.0. The highest BCUT2D eigenvalue weighted by Gasteiger charge is 2.18. The molecule has 168 valence electrons. The van der Waals surface area contributed by atoms with Crippen molar-refractivity contribution < 1.29 is 19.0 Å². The molecule has 0 heterocycles. The molecule has 0 bridgehead atoms. The molecule has 0 rings (SSSR count). The topological polar surface area (TPSA) is 93.2 Å². The number of aliphatic imine (C=N–C) groups is 1. The molecule has 0 fully saturated rings. The van der Waals surface area contributed by atoms with Crippen molar-refractivity contribution in [2.75, 3.05) is 47.1 Å². The van der Waals surface area contributed by atoms with Crippen LogP contribution in [0.25, 0.3) is 0 Å². The summed E-state index contributed by atoms with van der Waals surface area (Å²) in [4.78, 5) is 16.1. The molecule has 0 aliphatic heterocycles. The molecular formula is C19H41IN4O4. The first-order valence-corrected chi connectivity index (χ1v) is 9.83. The third kappa shape index (κ3) is 18.5. The average molecular weight is 516 g/mol. The molecule has 0 aliphatic rings. The van der Waals surface area contributed by atoms with Gasteiger partial charge in [-0.1, -0.05) is 19.8 Å². The van der Waals surface area contributed by atoms with Crippen LogP contribution in [0.5, 0.6) is 0 Å². The van der Waals surface area contributed by atoms with Gasteiger partial charge in [-0.05, 0) is 33.6 Å². The number of halogens is 1. The molecule has 1 atom stereocenters. The first kappa shape index (κ1) is 29.4. The molecule has 0 spiro atoms. The number of carbonyl (C=O) groups excluding carboxylic acids is 1. The summed E-state index contributed by atoms with van der Waals surface area (Å²) in [7, 11) is 3.40. The van der Waals surface area contributed by atoms with Gasteiger partial charge >= 0.3 is 6.09 Å². The fourth-order valence-corrected chi connectivity index (χ4v) is 2.21. The first-order chi connectivity index (χ1) is 12.8.